The molecule has 0 amide bonds. The molecule has 0 fully saturated rings. The van der Waals surface area contributed by atoms with Gasteiger partial charge in [0.1, 0.15) is 11.2 Å². The van der Waals surface area contributed by atoms with Gasteiger partial charge in [-0.2, -0.15) is 0 Å². The predicted octanol–water partition coefficient (Wildman–Crippen LogP) is 12.7. The van der Waals surface area contributed by atoms with Crippen molar-refractivity contribution >= 4 is 60.5 Å². The lowest BCUT2D eigenvalue weighted by molar-refractivity contribution is 0.669. The average Bonchev–Trinajstić information content (AvgIpc) is 3.52. The number of rotatable bonds is 5. The van der Waals surface area contributed by atoms with Crippen LogP contribution in [0.15, 0.2) is 180 Å². The highest BCUT2D eigenvalue weighted by molar-refractivity contribution is 6.14. The van der Waals surface area contributed by atoms with Gasteiger partial charge in [0.15, 0.2) is 0 Å². The molecule has 1 aromatic heterocycles. The van der Waals surface area contributed by atoms with Gasteiger partial charge in [0.2, 0.25) is 0 Å². The Bertz CT molecular complexity index is 2510. The lowest BCUT2D eigenvalue weighted by Gasteiger charge is -2.26. The van der Waals surface area contributed by atoms with Crippen LogP contribution in [0.4, 0.5) is 17.1 Å². The molecule has 0 atom stereocenters. The number of furan rings is 1. The van der Waals surface area contributed by atoms with Crippen LogP contribution in [0.1, 0.15) is 0 Å². The minimum absolute atomic E-state index is 0.910. The van der Waals surface area contributed by atoms with Gasteiger partial charge in [-0.3, -0.25) is 0 Å². The SMILES string of the molecule is c1ccc(N(c2ccc(-c3cc4ccccc4c4ccccc34)cc2)c2ccc(-c3cccc4oc5ccccc5c34)cc2)cc1. The highest BCUT2D eigenvalue weighted by atomic mass is 16.3. The van der Waals surface area contributed by atoms with E-state index in [9.17, 15) is 0 Å². The third-order valence-electron chi connectivity index (χ3n) is 9.06. The number of benzene rings is 8. The maximum atomic E-state index is 6.17. The minimum atomic E-state index is 0.910. The molecular formula is C44H29NO. The molecule has 0 N–H and O–H groups in total. The predicted molar refractivity (Wildman–Crippen MR) is 194 cm³/mol. The van der Waals surface area contributed by atoms with Crippen molar-refractivity contribution in [3.8, 4) is 22.3 Å². The van der Waals surface area contributed by atoms with E-state index in [1.165, 1.54) is 38.2 Å². The number of fused-ring (bicyclic) bond motifs is 6. The van der Waals surface area contributed by atoms with Gasteiger partial charge in [-0.05, 0) is 98.4 Å². The van der Waals surface area contributed by atoms with Crippen molar-refractivity contribution in [3.63, 3.8) is 0 Å². The second kappa shape index (κ2) is 10.8. The Labute approximate surface area is 267 Å². The molecule has 46 heavy (non-hydrogen) atoms. The van der Waals surface area contributed by atoms with Crippen molar-refractivity contribution < 1.29 is 4.42 Å². The van der Waals surface area contributed by atoms with Crippen LogP contribution in [-0.2, 0) is 0 Å². The van der Waals surface area contributed by atoms with Crippen molar-refractivity contribution in [1.82, 2.24) is 0 Å². The molecule has 0 spiro atoms. The lowest BCUT2D eigenvalue weighted by Crippen LogP contribution is -2.09. The summed E-state index contributed by atoms with van der Waals surface area (Å²) in [5, 5.41) is 7.39. The minimum Gasteiger partial charge on any atom is -0.456 e. The monoisotopic (exact) mass is 587 g/mol. The Balaban J connectivity index is 1.13. The zero-order valence-corrected chi connectivity index (χ0v) is 25.1. The van der Waals surface area contributed by atoms with Gasteiger partial charge in [-0.1, -0.05) is 121 Å². The summed E-state index contributed by atoms with van der Waals surface area (Å²) in [7, 11) is 0. The van der Waals surface area contributed by atoms with E-state index < -0.39 is 0 Å². The molecule has 1 heterocycles. The highest BCUT2D eigenvalue weighted by Gasteiger charge is 2.16. The quantitative estimate of drug-likeness (QED) is 0.186. The third kappa shape index (κ3) is 4.35. The van der Waals surface area contributed by atoms with Crippen molar-refractivity contribution in [2.75, 3.05) is 4.90 Å². The Morgan fingerprint density at radius 2 is 0.891 bits per heavy atom. The number of nitrogens with zero attached hydrogens (tertiary/aromatic N) is 1. The van der Waals surface area contributed by atoms with E-state index in [-0.39, 0.29) is 0 Å². The molecule has 0 aliphatic heterocycles. The largest absolute Gasteiger partial charge is 0.456 e. The molecule has 2 nitrogen and oxygen atoms in total. The molecule has 2 heteroatoms. The summed E-state index contributed by atoms with van der Waals surface area (Å²) in [5.41, 5.74) is 9.93. The fraction of sp³-hybridized carbons (Fsp3) is 0. The van der Waals surface area contributed by atoms with E-state index in [0.29, 0.717) is 0 Å². The molecule has 0 bridgehead atoms. The van der Waals surface area contributed by atoms with Crippen LogP contribution < -0.4 is 4.90 Å². The van der Waals surface area contributed by atoms with E-state index in [2.05, 4.69) is 169 Å². The summed E-state index contributed by atoms with van der Waals surface area (Å²) in [6, 6.07) is 62.7. The molecule has 216 valence electrons. The molecule has 9 aromatic rings. The van der Waals surface area contributed by atoms with Crippen LogP contribution in [0, 0.1) is 0 Å². The first-order chi connectivity index (χ1) is 22.8. The Morgan fingerprint density at radius 1 is 0.348 bits per heavy atom. The third-order valence-corrected chi connectivity index (χ3v) is 9.06. The van der Waals surface area contributed by atoms with Gasteiger partial charge in [0.05, 0.1) is 0 Å². The summed E-state index contributed by atoms with van der Waals surface area (Å²) < 4.78 is 6.17. The van der Waals surface area contributed by atoms with E-state index in [1.54, 1.807) is 0 Å². The summed E-state index contributed by atoms with van der Waals surface area (Å²) in [6.07, 6.45) is 0. The van der Waals surface area contributed by atoms with Crippen LogP contribution in [0.25, 0.3) is 65.7 Å². The van der Waals surface area contributed by atoms with Crippen LogP contribution in [0.5, 0.6) is 0 Å². The molecule has 8 aromatic carbocycles. The van der Waals surface area contributed by atoms with Gasteiger partial charge in [-0.25, -0.2) is 0 Å². The maximum Gasteiger partial charge on any atom is 0.136 e. The van der Waals surface area contributed by atoms with Gasteiger partial charge < -0.3 is 9.32 Å². The molecule has 0 saturated heterocycles. The van der Waals surface area contributed by atoms with E-state index in [4.69, 9.17) is 4.42 Å². The number of hydrogen-bond donors (Lipinski definition) is 0. The van der Waals surface area contributed by atoms with Crippen LogP contribution in [0.3, 0.4) is 0 Å². The normalized spacial score (nSPS) is 11.5. The standard InChI is InChI=1S/C44H29NO/c1-2-12-33(13-3-1)45(34-25-21-30(22-26-34)37-18-10-20-43-44(37)40-17-8-9-19-42(40)46-43)35-27-23-31(24-28-35)41-29-32-11-4-5-14-36(32)38-15-6-7-16-39(38)41/h1-29H. The molecule has 9 rings (SSSR count). The van der Waals surface area contributed by atoms with Gasteiger partial charge >= 0.3 is 0 Å². The summed E-state index contributed by atoms with van der Waals surface area (Å²) in [5.74, 6) is 0. The fourth-order valence-electron chi connectivity index (χ4n) is 6.91. The summed E-state index contributed by atoms with van der Waals surface area (Å²) >= 11 is 0. The molecule has 0 saturated carbocycles. The fourth-order valence-corrected chi connectivity index (χ4v) is 6.91. The van der Waals surface area contributed by atoms with Crippen molar-refractivity contribution in [2.24, 2.45) is 0 Å². The van der Waals surface area contributed by atoms with Crippen molar-refractivity contribution in [1.29, 1.82) is 0 Å². The Hall–Kier alpha value is -6.12. The van der Waals surface area contributed by atoms with Crippen LogP contribution >= 0.6 is 0 Å². The van der Waals surface area contributed by atoms with Crippen LogP contribution in [0.2, 0.25) is 0 Å². The first-order valence-corrected chi connectivity index (χ1v) is 15.7. The smallest absolute Gasteiger partial charge is 0.136 e. The van der Waals surface area contributed by atoms with E-state index in [1.807, 2.05) is 12.1 Å². The van der Waals surface area contributed by atoms with Gasteiger partial charge in [-0.15, -0.1) is 0 Å². The Morgan fingerprint density at radius 3 is 1.63 bits per heavy atom. The first-order valence-electron chi connectivity index (χ1n) is 15.7. The van der Waals surface area contributed by atoms with Crippen molar-refractivity contribution in [3.05, 3.63) is 176 Å². The first kappa shape index (κ1) is 26.3. The number of anilines is 3. The molecular weight excluding hydrogens is 558 g/mol. The average molecular weight is 588 g/mol. The summed E-state index contributed by atoms with van der Waals surface area (Å²) in [4.78, 5) is 2.32. The number of para-hydroxylation sites is 2. The molecule has 0 radical (unpaired) electrons. The molecule has 0 unspecified atom stereocenters. The second-order valence-electron chi connectivity index (χ2n) is 11.7. The summed E-state index contributed by atoms with van der Waals surface area (Å²) in [6.45, 7) is 0. The topological polar surface area (TPSA) is 16.4 Å². The van der Waals surface area contributed by atoms with Crippen LogP contribution in [-0.4, -0.2) is 0 Å². The van der Waals surface area contributed by atoms with Crippen molar-refractivity contribution in [2.45, 2.75) is 0 Å². The highest BCUT2D eigenvalue weighted by Crippen LogP contribution is 2.41. The zero-order valence-electron chi connectivity index (χ0n) is 25.1. The molecule has 0 aliphatic carbocycles. The van der Waals surface area contributed by atoms with Gasteiger partial charge in [0, 0.05) is 27.8 Å². The van der Waals surface area contributed by atoms with E-state index in [0.717, 1.165) is 44.6 Å². The second-order valence-corrected chi connectivity index (χ2v) is 11.7. The Kier molecular flexibility index (Phi) is 6.17. The number of hydrogen-bond acceptors (Lipinski definition) is 2. The lowest BCUT2D eigenvalue weighted by atomic mass is 9.93. The maximum absolute atomic E-state index is 6.17. The van der Waals surface area contributed by atoms with Gasteiger partial charge in [0.25, 0.3) is 0 Å². The molecule has 0 aliphatic rings. The van der Waals surface area contributed by atoms with E-state index >= 15 is 0 Å². The zero-order chi connectivity index (χ0) is 30.5.